The van der Waals surface area contributed by atoms with Crippen LogP contribution in [0.3, 0.4) is 0 Å². The predicted octanol–water partition coefficient (Wildman–Crippen LogP) is 3.40. The molecule has 5 nitrogen and oxygen atoms in total. The normalized spacial score (nSPS) is 12.8. The van der Waals surface area contributed by atoms with E-state index in [1.807, 2.05) is 22.1 Å². The van der Waals surface area contributed by atoms with Crippen molar-refractivity contribution < 1.29 is 9.90 Å². The molecule has 0 aliphatic carbocycles. The van der Waals surface area contributed by atoms with Crippen LogP contribution in [0.1, 0.15) is 26.8 Å². The molecule has 1 atom stereocenters. The van der Waals surface area contributed by atoms with Crippen LogP contribution in [0.2, 0.25) is 0 Å². The predicted molar refractivity (Wildman–Crippen MR) is 81.2 cm³/mol. The Kier molecular flexibility index (Phi) is 4.82. The van der Waals surface area contributed by atoms with E-state index in [1.54, 1.807) is 11.3 Å². The van der Waals surface area contributed by atoms with Gasteiger partial charge < -0.3 is 5.11 Å². The van der Waals surface area contributed by atoms with E-state index >= 15 is 0 Å². The third-order valence-electron chi connectivity index (χ3n) is 3.10. The smallest absolute Gasteiger partial charge is 0.313 e. The summed E-state index contributed by atoms with van der Waals surface area (Å²) in [5.41, 5.74) is 0. The van der Waals surface area contributed by atoms with Crippen LogP contribution >= 0.6 is 23.1 Å². The van der Waals surface area contributed by atoms with Gasteiger partial charge in [-0.1, -0.05) is 31.7 Å². The first-order chi connectivity index (χ1) is 9.50. The van der Waals surface area contributed by atoms with E-state index in [-0.39, 0.29) is 11.8 Å². The molecule has 2 heterocycles. The number of rotatable bonds is 6. The summed E-state index contributed by atoms with van der Waals surface area (Å²) in [6.07, 6.45) is 0. The molecular formula is C13H17N3O2S2. The number of carboxylic acids is 1. The molecule has 0 radical (unpaired) electrons. The number of hydrogen-bond acceptors (Lipinski definition) is 5. The van der Waals surface area contributed by atoms with Crippen molar-refractivity contribution in [1.29, 1.82) is 0 Å². The fraction of sp³-hybridized carbons (Fsp3) is 0.462. The van der Waals surface area contributed by atoms with Gasteiger partial charge in [0.15, 0.2) is 11.0 Å². The molecule has 7 heteroatoms. The van der Waals surface area contributed by atoms with Crippen LogP contribution in [0.4, 0.5) is 0 Å². The first kappa shape index (κ1) is 15.1. The maximum absolute atomic E-state index is 10.7. The Labute approximate surface area is 126 Å². The summed E-state index contributed by atoms with van der Waals surface area (Å²) in [5.74, 6) is 0.371. The molecule has 0 fully saturated rings. The van der Waals surface area contributed by atoms with E-state index in [4.69, 9.17) is 5.11 Å². The molecular weight excluding hydrogens is 294 g/mol. The molecule has 0 aliphatic heterocycles. The van der Waals surface area contributed by atoms with Gasteiger partial charge in [0.1, 0.15) is 0 Å². The number of hydrogen-bond donors (Lipinski definition) is 1. The lowest BCUT2D eigenvalue weighted by Gasteiger charge is -2.20. The number of aromatic nitrogens is 3. The summed E-state index contributed by atoms with van der Waals surface area (Å²) >= 11 is 2.82. The van der Waals surface area contributed by atoms with Gasteiger partial charge in [0.25, 0.3) is 0 Å². The minimum absolute atomic E-state index is 0.00656. The second-order valence-electron chi connectivity index (χ2n) is 4.82. The third-order valence-corrected chi connectivity index (χ3v) is 4.90. The topological polar surface area (TPSA) is 68.0 Å². The van der Waals surface area contributed by atoms with Crippen molar-refractivity contribution in [2.45, 2.75) is 32.0 Å². The zero-order chi connectivity index (χ0) is 14.7. The minimum atomic E-state index is -0.848. The zero-order valence-electron chi connectivity index (χ0n) is 11.6. The SMILES string of the molecule is CC(C)C(C)n1c(SCC(=O)O)nnc1-c1cccs1. The maximum Gasteiger partial charge on any atom is 0.313 e. The van der Waals surface area contributed by atoms with Gasteiger partial charge in [0.05, 0.1) is 10.6 Å². The average Bonchev–Trinajstić information content (AvgIpc) is 3.03. The summed E-state index contributed by atoms with van der Waals surface area (Å²) in [5, 5.41) is 19.9. The molecule has 0 amide bonds. The number of aliphatic carboxylic acids is 1. The molecule has 0 saturated heterocycles. The highest BCUT2D eigenvalue weighted by atomic mass is 32.2. The minimum Gasteiger partial charge on any atom is -0.481 e. The summed E-state index contributed by atoms with van der Waals surface area (Å²) < 4.78 is 2.05. The zero-order valence-corrected chi connectivity index (χ0v) is 13.2. The quantitative estimate of drug-likeness (QED) is 0.828. The van der Waals surface area contributed by atoms with Crippen LogP contribution in [0.5, 0.6) is 0 Å². The number of thioether (sulfide) groups is 1. The Balaban J connectivity index is 2.40. The molecule has 0 aromatic carbocycles. The van der Waals surface area contributed by atoms with Gasteiger partial charge in [-0.25, -0.2) is 0 Å². The van der Waals surface area contributed by atoms with Gasteiger partial charge >= 0.3 is 5.97 Å². The second-order valence-corrected chi connectivity index (χ2v) is 6.71. The van der Waals surface area contributed by atoms with Gasteiger partial charge in [0.2, 0.25) is 0 Å². The molecule has 1 unspecified atom stereocenters. The molecule has 0 aliphatic rings. The van der Waals surface area contributed by atoms with Crippen LogP contribution in [-0.4, -0.2) is 31.6 Å². The Morgan fingerprint density at radius 2 is 2.20 bits per heavy atom. The molecule has 0 spiro atoms. The summed E-state index contributed by atoms with van der Waals surface area (Å²) in [6.45, 7) is 6.37. The highest BCUT2D eigenvalue weighted by Crippen LogP contribution is 2.32. The third kappa shape index (κ3) is 3.21. The van der Waals surface area contributed by atoms with Crippen molar-refractivity contribution in [2.24, 2.45) is 5.92 Å². The van der Waals surface area contributed by atoms with Gasteiger partial charge in [-0.3, -0.25) is 9.36 Å². The van der Waals surface area contributed by atoms with Crippen LogP contribution in [0, 0.1) is 5.92 Å². The lowest BCUT2D eigenvalue weighted by molar-refractivity contribution is -0.133. The van der Waals surface area contributed by atoms with E-state index in [0.29, 0.717) is 11.1 Å². The fourth-order valence-corrected chi connectivity index (χ4v) is 3.19. The lowest BCUT2D eigenvalue weighted by atomic mass is 10.1. The lowest BCUT2D eigenvalue weighted by Crippen LogP contribution is -2.14. The molecule has 2 aromatic rings. The molecule has 1 N–H and O–H groups in total. The van der Waals surface area contributed by atoms with E-state index in [1.165, 1.54) is 11.8 Å². The first-order valence-corrected chi connectivity index (χ1v) is 8.20. The average molecular weight is 311 g/mol. The summed E-state index contributed by atoms with van der Waals surface area (Å²) in [6, 6.07) is 4.19. The number of carbonyl (C=O) groups is 1. The summed E-state index contributed by atoms with van der Waals surface area (Å²) in [7, 11) is 0. The largest absolute Gasteiger partial charge is 0.481 e. The first-order valence-electron chi connectivity index (χ1n) is 6.34. The Morgan fingerprint density at radius 1 is 1.45 bits per heavy atom. The van der Waals surface area contributed by atoms with E-state index in [0.717, 1.165) is 10.7 Å². The number of thiophene rings is 1. The highest BCUT2D eigenvalue weighted by molar-refractivity contribution is 7.99. The highest BCUT2D eigenvalue weighted by Gasteiger charge is 2.22. The second kappa shape index (κ2) is 6.41. The molecule has 2 aromatic heterocycles. The van der Waals surface area contributed by atoms with E-state index in [9.17, 15) is 4.79 Å². The maximum atomic E-state index is 10.7. The number of nitrogens with zero attached hydrogens (tertiary/aromatic N) is 3. The van der Waals surface area contributed by atoms with Crippen molar-refractivity contribution in [3.05, 3.63) is 17.5 Å². The van der Waals surface area contributed by atoms with Crippen molar-refractivity contribution in [3.63, 3.8) is 0 Å². The van der Waals surface area contributed by atoms with Gasteiger partial charge in [0, 0.05) is 6.04 Å². The fourth-order valence-electron chi connectivity index (χ4n) is 1.74. The van der Waals surface area contributed by atoms with Gasteiger partial charge in [-0.15, -0.1) is 21.5 Å². The molecule has 0 bridgehead atoms. The molecule has 0 saturated carbocycles. The standard InChI is InChI=1S/C13H17N3O2S2/c1-8(2)9(3)16-12(10-5-4-6-19-10)14-15-13(16)20-7-11(17)18/h4-6,8-9H,7H2,1-3H3,(H,17,18). The molecule has 108 valence electrons. The van der Waals surface area contributed by atoms with Crippen molar-refractivity contribution in [1.82, 2.24) is 14.8 Å². The molecule has 20 heavy (non-hydrogen) atoms. The Bertz CT molecular complexity index is 578. The van der Waals surface area contributed by atoms with Gasteiger partial charge in [-0.05, 0) is 24.3 Å². The summed E-state index contributed by atoms with van der Waals surface area (Å²) in [4.78, 5) is 11.8. The van der Waals surface area contributed by atoms with E-state index in [2.05, 4.69) is 31.0 Å². The van der Waals surface area contributed by atoms with Crippen LogP contribution in [-0.2, 0) is 4.79 Å². The Hall–Kier alpha value is -1.34. The van der Waals surface area contributed by atoms with Crippen LogP contribution in [0.15, 0.2) is 22.7 Å². The van der Waals surface area contributed by atoms with Crippen LogP contribution < -0.4 is 0 Å². The number of carboxylic acid groups (broad SMARTS) is 1. The Morgan fingerprint density at radius 3 is 2.75 bits per heavy atom. The van der Waals surface area contributed by atoms with Crippen molar-refractivity contribution >= 4 is 29.1 Å². The van der Waals surface area contributed by atoms with Crippen LogP contribution in [0.25, 0.3) is 10.7 Å². The van der Waals surface area contributed by atoms with Crippen molar-refractivity contribution in [3.8, 4) is 10.7 Å². The monoisotopic (exact) mass is 311 g/mol. The van der Waals surface area contributed by atoms with Crippen molar-refractivity contribution in [2.75, 3.05) is 5.75 Å². The van der Waals surface area contributed by atoms with Gasteiger partial charge in [-0.2, -0.15) is 0 Å². The molecule has 2 rings (SSSR count). The van der Waals surface area contributed by atoms with E-state index < -0.39 is 5.97 Å².